The summed E-state index contributed by atoms with van der Waals surface area (Å²) in [5, 5.41) is 6.81. The number of fused-ring (bicyclic) bond motifs is 2. The normalized spacial score (nSPS) is 31.2. The summed E-state index contributed by atoms with van der Waals surface area (Å²) in [4.78, 5) is 43.6. The smallest absolute Gasteiger partial charge is 0.246 e. The zero-order chi connectivity index (χ0) is 29.0. The van der Waals surface area contributed by atoms with Crippen LogP contribution in [-0.2, 0) is 19.1 Å². The van der Waals surface area contributed by atoms with Gasteiger partial charge in [-0.25, -0.2) is 0 Å². The number of amides is 3. The number of nitrogens with one attached hydrogen (secondary N) is 2. The predicted octanol–water partition coefficient (Wildman–Crippen LogP) is 4.37. The average Bonchev–Trinajstić information content (AvgIpc) is 3.60. The van der Waals surface area contributed by atoms with E-state index in [1.807, 2.05) is 24.3 Å². The second-order valence-electron chi connectivity index (χ2n) is 11.7. The van der Waals surface area contributed by atoms with Crippen molar-refractivity contribution in [3.63, 3.8) is 0 Å². The van der Waals surface area contributed by atoms with Crippen molar-refractivity contribution in [3.05, 3.63) is 64.7 Å². The van der Waals surface area contributed by atoms with Gasteiger partial charge in [-0.15, -0.1) is 0 Å². The van der Waals surface area contributed by atoms with Crippen LogP contribution in [0, 0.1) is 11.8 Å². The summed E-state index contributed by atoms with van der Waals surface area (Å²) in [7, 11) is 0. The Labute approximate surface area is 253 Å². The number of hydrogen-bond donors (Lipinski definition) is 2. The minimum atomic E-state index is -1.28. The highest BCUT2D eigenvalue weighted by atomic mass is 35.5. The molecule has 1 aliphatic carbocycles. The Morgan fingerprint density at radius 2 is 1.74 bits per heavy atom. The number of anilines is 1. The van der Waals surface area contributed by atoms with Crippen LogP contribution in [0.3, 0.4) is 0 Å². The van der Waals surface area contributed by atoms with Crippen molar-refractivity contribution in [2.24, 2.45) is 11.8 Å². The molecule has 3 fully saturated rings. The molecule has 1 spiro atoms. The SMILES string of the molecule is O=C(Nc1cc(Cl)cc(Cl)c1)[C@H]1[C@H]2C=C[C@@]3(O2)[C@H]1C(=O)N(C[C@@H]1COc2ccccc2O1)[C@@H]3C(=O)NC1CCCCC1. The third kappa shape index (κ3) is 4.71. The van der Waals surface area contributed by atoms with E-state index in [4.69, 9.17) is 37.4 Å². The van der Waals surface area contributed by atoms with E-state index in [0.717, 1.165) is 32.1 Å². The molecule has 9 nitrogen and oxygen atoms in total. The summed E-state index contributed by atoms with van der Waals surface area (Å²) >= 11 is 12.3. The van der Waals surface area contributed by atoms with Gasteiger partial charge in [0.25, 0.3) is 0 Å². The number of hydrogen-bond acceptors (Lipinski definition) is 6. The first-order valence-corrected chi connectivity index (χ1v) is 15.2. The van der Waals surface area contributed by atoms with E-state index < -0.39 is 41.6 Å². The highest BCUT2D eigenvalue weighted by molar-refractivity contribution is 6.35. The molecular weight excluding hydrogens is 581 g/mol. The molecule has 11 heteroatoms. The quantitative estimate of drug-likeness (QED) is 0.470. The first kappa shape index (κ1) is 27.6. The van der Waals surface area contributed by atoms with E-state index in [1.165, 1.54) is 4.90 Å². The summed E-state index contributed by atoms with van der Waals surface area (Å²) in [5.74, 6) is -1.52. The lowest BCUT2D eigenvalue weighted by atomic mass is 9.74. The maximum atomic E-state index is 14.3. The monoisotopic (exact) mass is 611 g/mol. The van der Waals surface area contributed by atoms with Crippen LogP contribution in [0.15, 0.2) is 54.6 Å². The van der Waals surface area contributed by atoms with E-state index in [0.29, 0.717) is 27.2 Å². The topological polar surface area (TPSA) is 106 Å². The molecule has 0 unspecified atom stereocenters. The Bertz CT molecular complexity index is 1440. The molecule has 2 N–H and O–H groups in total. The van der Waals surface area contributed by atoms with E-state index >= 15 is 0 Å². The molecule has 4 aliphatic heterocycles. The van der Waals surface area contributed by atoms with Crippen LogP contribution in [0.5, 0.6) is 11.5 Å². The van der Waals surface area contributed by atoms with Crippen molar-refractivity contribution >= 4 is 46.6 Å². The van der Waals surface area contributed by atoms with E-state index in [1.54, 1.807) is 30.4 Å². The molecule has 3 amide bonds. The van der Waals surface area contributed by atoms with Gasteiger partial charge >= 0.3 is 0 Å². The van der Waals surface area contributed by atoms with Crippen LogP contribution in [0.2, 0.25) is 10.0 Å². The van der Waals surface area contributed by atoms with Gasteiger partial charge in [-0.1, -0.05) is 66.7 Å². The fourth-order valence-electron chi connectivity index (χ4n) is 7.21. The van der Waals surface area contributed by atoms with Gasteiger partial charge in [-0.05, 0) is 43.2 Å². The van der Waals surface area contributed by atoms with E-state index in [2.05, 4.69) is 10.6 Å². The molecule has 42 heavy (non-hydrogen) atoms. The maximum Gasteiger partial charge on any atom is 0.246 e. The van der Waals surface area contributed by atoms with E-state index in [-0.39, 0.29) is 31.0 Å². The molecule has 2 bridgehead atoms. The van der Waals surface area contributed by atoms with Gasteiger partial charge in [0.2, 0.25) is 17.7 Å². The first-order valence-electron chi connectivity index (χ1n) is 14.5. The molecule has 1 saturated carbocycles. The zero-order valence-corrected chi connectivity index (χ0v) is 24.3. The number of likely N-dealkylation sites (tertiary alicyclic amines) is 1. The Morgan fingerprint density at radius 3 is 2.50 bits per heavy atom. The zero-order valence-electron chi connectivity index (χ0n) is 22.8. The molecule has 5 aliphatic rings. The Balaban J connectivity index is 1.19. The fraction of sp³-hybridized carbons (Fsp3) is 0.452. The van der Waals surface area contributed by atoms with Crippen molar-refractivity contribution in [3.8, 4) is 11.5 Å². The summed E-state index contributed by atoms with van der Waals surface area (Å²) < 4.78 is 18.5. The molecule has 0 radical (unpaired) electrons. The van der Waals surface area contributed by atoms with Crippen LogP contribution < -0.4 is 20.1 Å². The highest BCUT2D eigenvalue weighted by Crippen LogP contribution is 2.55. The van der Waals surface area contributed by atoms with Crippen molar-refractivity contribution in [1.29, 1.82) is 0 Å². The minimum absolute atomic E-state index is 0.0362. The third-order valence-corrected chi connectivity index (χ3v) is 9.41. The number of nitrogens with zero attached hydrogens (tertiary/aromatic N) is 1. The lowest BCUT2D eigenvalue weighted by Crippen LogP contribution is -2.58. The van der Waals surface area contributed by atoms with Gasteiger partial charge in [0.05, 0.1) is 24.5 Å². The number of ether oxygens (including phenoxy) is 3. The van der Waals surface area contributed by atoms with Crippen molar-refractivity contribution in [1.82, 2.24) is 10.2 Å². The number of halogens is 2. The average molecular weight is 613 g/mol. The maximum absolute atomic E-state index is 14.3. The van der Waals surface area contributed by atoms with Gasteiger partial charge in [0.15, 0.2) is 17.6 Å². The van der Waals surface area contributed by atoms with Gasteiger partial charge in [-0.2, -0.15) is 0 Å². The second-order valence-corrected chi connectivity index (χ2v) is 12.6. The molecule has 2 aromatic carbocycles. The molecule has 2 saturated heterocycles. The summed E-state index contributed by atoms with van der Waals surface area (Å²) in [5.41, 5.74) is -0.860. The van der Waals surface area contributed by atoms with Gasteiger partial charge < -0.3 is 29.7 Å². The lowest BCUT2D eigenvalue weighted by Gasteiger charge is -2.36. The van der Waals surface area contributed by atoms with Crippen molar-refractivity contribution < 1.29 is 28.6 Å². The molecular formula is C31H31Cl2N3O6. The Kier molecular flexibility index (Phi) is 7.07. The second kappa shape index (κ2) is 10.8. The van der Waals surface area contributed by atoms with Crippen molar-refractivity contribution in [2.45, 2.75) is 62.0 Å². The fourth-order valence-corrected chi connectivity index (χ4v) is 7.74. The van der Waals surface area contributed by atoms with Crippen LogP contribution in [-0.4, -0.2) is 65.7 Å². The molecule has 4 heterocycles. The van der Waals surface area contributed by atoms with Crippen LogP contribution >= 0.6 is 23.2 Å². The summed E-state index contributed by atoms with van der Waals surface area (Å²) in [6.45, 7) is 0.322. The number of rotatable bonds is 6. The number of carbonyl (C=O) groups is 3. The third-order valence-electron chi connectivity index (χ3n) is 8.97. The lowest BCUT2D eigenvalue weighted by molar-refractivity contribution is -0.143. The first-order chi connectivity index (χ1) is 20.3. The van der Waals surface area contributed by atoms with Crippen LogP contribution in [0.4, 0.5) is 5.69 Å². The Morgan fingerprint density at radius 1 is 1.00 bits per heavy atom. The van der Waals surface area contributed by atoms with Gasteiger partial charge in [-0.3, -0.25) is 14.4 Å². The molecule has 6 atom stereocenters. The molecule has 220 valence electrons. The minimum Gasteiger partial charge on any atom is -0.486 e. The van der Waals surface area contributed by atoms with Crippen LogP contribution in [0.1, 0.15) is 32.1 Å². The van der Waals surface area contributed by atoms with Gasteiger partial charge in [0, 0.05) is 21.8 Å². The number of para-hydroxylation sites is 2. The molecule has 2 aromatic rings. The Hall–Kier alpha value is -3.27. The highest BCUT2D eigenvalue weighted by Gasteiger charge is 2.73. The summed E-state index contributed by atoms with van der Waals surface area (Å²) in [6, 6.07) is 11.2. The number of carbonyl (C=O) groups excluding carboxylic acids is 3. The predicted molar refractivity (Wildman–Crippen MR) is 156 cm³/mol. The summed E-state index contributed by atoms with van der Waals surface area (Å²) in [6.07, 6.45) is 7.47. The standard InChI is InChI=1S/C31H31Cl2N3O6/c32-17-12-18(33)14-20(13-17)35-28(37)25-24-10-11-31(42-24)26(25)30(39)36(27(31)29(38)34-19-6-2-1-3-7-19)15-21-16-40-22-8-4-5-9-23(22)41-21/h4-5,8-14,19,21,24-27H,1-3,6-7,15-16H2,(H,34,38)(H,35,37)/t21-,24-,25+,26-,27-,31-/m1/s1. The molecule has 7 rings (SSSR count). The van der Waals surface area contributed by atoms with Crippen molar-refractivity contribution in [2.75, 3.05) is 18.5 Å². The number of benzene rings is 2. The van der Waals surface area contributed by atoms with Gasteiger partial charge in [0.1, 0.15) is 18.2 Å². The molecule has 0 aromatic heterocycles. The van der Waals surface area contributed by atoms with Crippen LogP contribution in [0.25, 0.3) is 0 Å². The largest absolute Gasteiger partial charge is 0.486 e. The van der Waals surface area contributed by atoms with E-state index in [9.17, 15) is 14.4 Å².